The zero-order valence-electron chi connectivity index (χ0n) is 28.4. The molecular formula is C37H50N4O5. The predicted octanol–water partition coefficient (Wildman–Crippen LogP) is 6.47. The second-order valence-corrected chi connectivity index (χ2v) is 11.7. The Balaban J connectivity index is 0.000000365. The molecular weight excluding hydrogens is 580 g/mol. The van der Waals surface area contributed by atoms with E-state index in [4.69, 9.17) is 24.7 Å². The van der Waals surface area contributed by atoms with Crippen LogP contribution in [-0.4, -0.2) is 70.1 Å². The molecule has 9 heteroatoms. The molecule has 0 spiro atoms. The molecule has 248 valence electrons. The van der Waals surface area contributed by atoms with E-state index in [1.165, 1.54) is 5.56 Å². The average molecular weight is 631 g/mol. The molecule has 4 rings (SSSR count). The molecule has 4 aromatic rings. The molecule has 1 aromatic heterocycles. The minimum Gasteiger partial charge on any atom is -0.508 e. The van der Waals surface area contributed by atoms with Crippen LogP contribution in [0, 0.1) is 17.2 Å². The summed E-state index contributed by atoms with van der Waals surface area (Å²) in [6, 6.07) is 19.8. The van der Waals surface area contributed by atoms with Crippen LogP contribution in [0.25, 0.3) is 10.9 Å². The first-order valence-electron chi connectivity index (χ1n) is 15.7. The molecule has 0 aliphatic carbocycles. The Labute approximate surface area is 273 Å². The van der Waals surface area contributed by atoms with Gasteiger partial charge < -0.3 is 39.7 Å². The highest BCUT2D eigenvalue weighted by atomic mass is 16.5. The van der Waals surface area contributed by atoms with E-state index >= 15 is 0 Å². The van der Waals surface area contributed by atoms with Gasteiger partial charge in [0.15, 0.2) is 23.0 Å². The zero-order valence-corrected chi connectivity index (χ0v) is 28.4. The lowest BCUT2D eigenvalue weighted by Gasteiger charge is -2.32. The molecule has 0 bridgehead atoms. The van der Waals surface area contributed by atoms with Crippen LogP contribution in [0.1, 0.15) is 43.4 Å². The summed E-state index contributed by atoms with van der Waals surface area (Å²) in [5.41, 5.74) is 9.28. The van der Waals surface area contributed by atoms with Crippen molar-refractivity contribution in [1.82, 2.24) is 9.88 Å². The molecule has 0 saturated heterocycles. The van der Waals surface area contributed by atoms with E-state index in [1.54, 1.807) is 40.6 Å². The van der Waals surface area contributed by atoms with Crippen LogP contribution in [0.4, 0.5) is 0 Å². The third kappa shape index (κ3) is 8.87. The summed E-state index contributed by atoms with van der Waals surface area (Å²) >= 11 is 0. The summed E-state index contributed by atoms with van der Waals surface area (Å²) in [5.74, 6) is 3.28. The molecule has 1 unspecified atom stereocenters. The van der Waals surface area contributed by atoms with Gasteiger partial charge in [0, 0.05) is 23.6 Å². The molecule has 0 saturated carbocycles. The molecule has 0 amide bonds. The lowest BCUT2D eigenvalue weighted by Crippen LogP contribution is -2.32. The molecule has 0 fully saturated rings. The lowest BCUT2D eigenvalue weighted by atomic mass is 9.69. The van der Waals surface area contributed by atoms with Gasteiger partial charge in [0.05, 0.1) is 39.9 Å². The average Bonchev–Trinajstić information content (AvgIpc) is 3.47. The normalized spacial score (nSPS) is 12.3. The molecule has 1 atom stereocenters. The number of nitriles is 1. The Morgan fingerprint density at radius 1 is 0.870 bits per heavy atom. The summed E-state index contributed by atoms with van der Waals surface area (Å²) in [5, 5.41) is 20.6. The number of rotatable bonds is 15. The highest BCUT2D eigenvalue weighted by molar-refractivity contribution is 5.84. The van der Waals surface area contributed by atoms with E-state index in [-0.39, 0.29) is 5.92 Å². The maximum atomic E-state index is 10.2. The fourth-order valence-electron chi connectivity index (χ4n) is 5.75. The van der Waals surface area contributed by atoms with Gasteiger partial charge in [0.1, 0.15) is 5.75 Å². The van der Waals surface area contributed by atoms with Gasteiger partial charge in [-0.05, 0) is 111 Å². The molecule has 0 aliphatic heterocycles. The third-order valence-electron chi connectivity index (χ3n) is 8.59. The fourth-order valence-corrected chi connectivity index (χ4v) is 5.75. The Bertz CT molecular complexity index is 1580. The van der Waals surface area contributed by atoms with Crippen LogP contribution < -0.4 is 24.7 Å². The van der Waals surface area contributed by atoms with Crippen LogP contribution in [0.15, 0.2) is 60.8 Å². The third-order valence-corrected chi connectivity index (χ3v) is 8.59. The number of phenolic OH excluding ortho intramolecular Hbond substituents is 1. The summed E-state index contributed by atoms with van der Waals surface area (Å²) in [4.78, 5) is 5.45. The van der Waals surface area contributed by atoms with Crippen molar-refractivity contribution < 1.29 is 24.1 Å². The van der Waals surface area contributed by atoms with Crippen molar-refractivity contribution in [3.05, 3.63) is 77.5 Å². The first-order chi connectivity index (χ1) is 22.2. The number of likely N-dealkylation sites (N-methyl/N-ethyl adjacent to an activating group) is 1. The van der Waals surface area contributed by atoms with Gasteiger partial charge in [-0.2, -0.15) is 5.26 Å². The zero-order chi connectivity index (χ0) is 33.7. The van der Waals surface area contributed by atoms with Gasteiger partial charge in [0.25, 0.3) is 0 Å². The van der Waals surface area contributed by atoms with Crippen LogP contribution in [0.3, 0.4) is 0 Å². The van der Waals surface area contributed by atoms with E-state index in [1.807, 2.05) is 42.6 Å². The number of nitrogens with two attached hydrogens (primary N) is 1. The van der Waals surface area contributed by atoms with Gasteiger partial charge in [-0.1, -0.05) is 26.0 Å². The van der Waals surface area contributed by atoms with E-state index in [2.05, 4.69) is 42.9 Å². The van der Waals surface area contributed by atoms with Crippen LogP contribution in [0.5, 0.6) is 28.7 Å². The van der Waals surface area contributed by atoms with Crippen molar-refractivity contribution in [3.63, 3.8) is 0 Å². The van der Waals surface area contributed by atoms with Gasteiger partial charge in [-0.15, -0.1) is 0 Å². The van der Waals surface area contributed by atoms with Crippen LogP contribution in [0.2, 0.25) is 0 Å². The van der Waals surface area contributed by atoms with Crippen molar-refractivity contribution >= 4 is 10.9 Å². The Morgan fingerprint density at radius 3 is 2.13 bits per heavy atom. The molecule has 3 aromatic carbocycles. The highest BCUT2D eigenvalue weighted by Crippen LogP contribution is 2.40. The number of methoxy groups -OCH3 is 4. The smallest absolute Gasteiger partial charge is 0.161 e. The van der Waals surface area contributed by atoms with Gasteiger partial charge >= 0.3 is 0 Å². The lowest BCUT2D eigenvalue weighted by molar-refractivity contribution is 0.292. The molecule has 0 aliphatic rings. The number of aromatic hydroxyl groups is 1. The minimum absolute atomic E-state index is 0.165. The number of fused-ring (bicyclic) bond motifs is 1. The van der Waals surface area contributed by atoms with Gasteiger partial charge in [0.2, 0.25) is 0 Å². The largest absolute Gasteiger partial charge is 0.508 e. The van der Waals surface area contributed by atoms with Crippen molar-refractivity contribution in [2.24, 2.45) is 11.7 Å². The van der Waals surface area contributed by atoms with Gasteiger partial charge in [-0.3, -0.25) is 0 Å². The second kappa shape index (κ2) is 17.3. The number of nitrogens with zero attached hydrogens (tertiary/aromatic N) is 2. The van der Waals surface area contributed by atoms with E-state index in [0.29, 0.717) is 23.8 Å². The van der Waals surface area contributed by atoms with E-state index in [0.717, 1.165) is 72.3 Å². The molecule has 9 nitrogen and oxygen atoms in total. The molecule has 0 radical (unpaired) electrons. The highest BCUT2D eigenvalue weighted by Gasteiger charge is 2.36. The van der Waals surface area contributed by atoms with Crippen LogP contribution >= 0.6 is 0 Å². The maximum Gasteiger partial charge on any atom is 0.161 e. The van der Waals surface area contributed by atoms with Crippen molar-refractivity contribution in [2.45, 2.75) is 44.9 Å². The summed E-state index contributed by atoms with van der Waals surface area (Å²) in [7, 11) is 8.67. The quantitative estimate of drug-likeness (QED) is 0.137. The minimum atomic E-state index is -0.580. The number of hydrogen-bond donors (Lipinski definition) is 3. The maximum absolute atomic E-state index is 10.2. The standard InChI is InChI=1S/C27H38N2O4.C10H12N2O/c1-20(2)27(19-28,22-10-12-24(31-5)26(18-22)33-7)14-8-15-29(3)16-13-21-9-11-23(30-4)25(17-21)32-6;11-4-3-7-6-12-10-2-1-8(13)5-9(7)10/h9-12,17-18,20H,8,13-16H2,1-7H3;1-2,5-6,12-13H,3-4,11H2. The van der Waals surface area contributed by atoms with Crippen LogP contribution in [-0.2, 0) is 18.3 Å². The monoisotopic (exact) mass is 630 g/mol. The van der Waals surface area contributed by atoms with Crippen molar-refractivity contribution in [3.8, 4) is 34.8 Å². The first kappa shape index (κ1) is 36.1. The number of ether oxygens (including phenoxy) is 4. The number of hydrogen-bond acceptors (Lipinski definition) is 8. The number of aromatic nitrogens is 1. The number of H-pyrrole nitrogens is 1. The Kier molecular flexibility index (Phi) is 13.6. The summed E-state index contributed by atoms with van der Waals surface area (Å²) in [6.45, 7) is 6.69. The summed E-state index contributed by atoms with van der Waals surface area (Å²) in [6.07, 6.45) is 5.39. The number of aromatic amines is 1. The SMILES string of the molecule is COc1ccc(CCN(C)CCCC(C#N)(c2ccc(OC)c(OC)c2)C(C)C)cc1OC.NCCc1c[nH]c2ccc(O)cc12. The topological polar surface area (TPSA) is 126 Å². The summed E-state index contributed by atoms with van der Waals surface area (Å²) < 4.78 is 21.6. The number of nitrogens with one attached hydrogen (secondary N) is 1. The van der Waals surface area contributed by atoms with Crippen molar-refractivity contribution in [1.29, 1.82) is 5.26 Å². The van der Waals surface area contributed by atoms with E-state index < -0.39 is 5.41 Å². The Hall–Kier alpha value is -4.39. The number of phenols is 1. The fraction of sp³-hybridized carbons (Fsp3) is 0.432. The number of benzene rings is 3. The molecule has 46 heavy (non-hydrogen) atoms. The first-order valence-corrected chi connectivity index (χ1v) is 15.7. The Morgan fingerprint density at radius 2 is 1.52 bits per heavy atom. The van der Waals surface area contributed by atoms with E-state index in [9.17, 15) is 10.4 Å². The predicted molar refractivity (Wildman–Crippen MR) is 184 cm³/mol. The van der Waals surface area contributed by atoms with Gasteiger partial charge in [-0.25, -0.2) is 0 Å². The molecule has 4 N–H and O–H groups in total. The molecule has 1 heterocycles. The second-order valence-electron chi connectivity index (χ2n) is 11.7. The van der Waals surface area contributed by atoms with Crippen molar-refractivity contribution in [2.75, 3.05) is 55.1 Å².